The van der Waals surface area contributed by atoms with Crippen LogP contribution in [0.25, 0.3) is 5.52 Å². The number of hydrogen-bond donors (Lipinski definition) is 1. The van der Waals surface area contributed by atoms with E-state index >= 15 is 0 Å². The van der Waals surface area contributed by atoms with Crippen LogP contribution >= 0.6 is 15.9 Å². The molecule has 2 N–H and O–H groups in total. The summed E-state index contributed by atoms with van der Waals surface area (Å²) in [4.78, 5) is 15.9. The van der Waals surface area contributed by atoms with E-state index in [-0.39, 0.29) is 0 Å². The summed E-state index contributed by atoms with van der Waals surface area (Å²) in [5, 5.41) is 0. The van der Waals surface area contributed by atoms with Crippen molar-refractivity contribution in [2.75, 3.05) is 13.7 Å². The molecule has 0 spiro atoms. The number of halogens is 1. The molecule has 6 heteroatoms. The Bertz CT molecular complexity index is 565. The standard InChI is InChI=1S/C11H12BrN3O2/c1-17-11(16)9-10-7(12)3-2-6-15(10)8(14-9)4-5-13/h2-3,6H,4-5,13H2,1H3. The highest BCUT2D eigenvalue weighted by molar-refractivity contribution is 9.10. The summed E-state index contributed by atoms with van der Waals surface area (Å²) in [6.07, 6.45) is 2.46. The molecule has 0 radical (unpaired) electrons. The van der Waals surface area contributed by atoms with Gasteiger partial charge in [0, 0.05) is 17.1 Å². The predicted molar refractivity (Wildman–Crippen MR) is 67.0 cm³/mol. The van der Waals surface area contributed by atoms with Crippen LogP contribution in [0.3, 0.4) is 0 Å². The first kappa shape index (κ1) is 12.1. The van der Waals surface area contributed by atoms with Crippen molar-refractivity contribution in [1.29, 1.82) is 0 Å². The maximum Gasteiger partial charge on any atom is 0.358 e. The molecule has 5 nitrogen and oxygen atoms in total. The van der Waals surface area contributed by atoms with Gasteiger partial charge in [-0.3, -0.25) is 0 Å². The number of nitrogens with zero attached hydrogens (tertiary/aromatic N) is 2. The molecule has 90 valence electrons. The van der Waals surface area contributed by atoms with Gasteiger partial charge < -0.3 is 14.9 Å². The van der Waals surface area contributed by atoms with E-state index in [2.05, 4.69) is 20.9 Å². The average Bonchev–Trinajstić information content (AvgIpc) is 2.69. The molecule has 0 saturated heterocycles. The van der Waals surface area contributed by atoms with E-state index in [1.807, 2.05) is 22.7 Å². The van der Waals surface area contributed by atoms with Crippen LogP contribution in [0.5, 0.6) is 0 Å². The molecule has 0 aliphatic rings. The SMILES string of the molecule is COC(=O)c1nc(CCN)n2cccc(Br)c12. The monoisotopic (exact) mass is 297 g/mol. The van der Waals surface area contributed by atoms with Crippen LogP contribution in [0.2, 0.25) is 0 Å². The Morgan fingerprint density at radius 3 is 3.06 bits per heavy atom. The van der Waals surface area contributed by atoms with Gasteiger partial charge in [0.25, 0.3) is 0 Å². The highest BCUT2D eigenvalue weighted by atomic mass is 79.9. The molecule has 0 unspecified atom stereocenters. The van der Waals surface area contributed by atoms with Crippen molar-refractivity contribution in [2.45, 2.75) is 6.42 Å². The van der Waals surface area contributed by atoms with Gasteiger partial charge >= 0.3 is 5.97 Å². The Morgan fingerprint density at radius 2 is 2.41 bits per heavy atom. The number of ether oxygens (including phenoxy) is 1. The second kappa shape index (κ2) is 4.85. The number of nitrogens with two attached hydrogens (primary N) is 1. The fraction of sp³-hybridized carbons (Fsp3) is 0.273. The Kier molecular flexibility index (Phi) is 3.44. The van der Waals surface area contributed by atoms with Crippen molar-refractivity contribution >= 4 is 27.4 Å². The quantitative estimate of drug-likeness (QED) is 0.869. The summed E-state index contributed by atoms with van der Waals surface area (Å²) in [6, 6.07) is 3.73. The Hall–Kier alpha value is -1.40. The Morgan fingerprint density at radius 1 is 1.65 bits per heavy atom. The van der Waals surface area contributed by atoms with Crippen LogP contribution in [0.1, 0.15) is 16.3 Å². The topological polar surface area (TPSA) is 69.6 Å². The number of pyridine rings is 1. The van der Waals surface area contributed by atoms with Gasteiger partial charge in [0.05, 0.1) is 12.6 Å². The molecule has 0 amide bonds. The number of imidazole rings is 1. The zero-order valence-electron chi connectivity index (χ0n) is 9.31. The highest BCUT2D eigenvalue weighted by Gasteiger charge is 2.19. The molecule has 0 aliphatic heterocycles. The van der Waals surface area contributed by atoms with Gasteiger partial charge in [0.15, 0.2) is 5.69 Å². The zero-order chi connectivity index (χ0) is 12.4. The number of hydrogen-bond acceptors (Lipinski definition) is 4. The molecule has 2 rings (SSSR count). The van der Waals surface area contributed by atoms with Crippen molar-refractivity contribution < 1.29 is 9.53 Å². The fourth-order valence-electron chi connectivity index (χ4n) is 1.70. The molecule has 0 aliphatic carbocycles. The van der Waals surface area contributed by atoms with E-state index < -0.39 is 5.97 Å². The summed E-state index contributed by atoms with van der Waals surface area (Å²) in [5.41, 5.74) is 6.55. The lowest BCUT2D eigenvalue weighted by Gasteiger charge is -2.00. The molecule has 17 heavy (non-hydrogen) atoms. The van der Waals surface area contributed by atoms with Crippen molar-refractivity contribution in [3.63, 3.8) is 0 Å². The molecule has 0 fully saturated rings. The maximum atomic E-state index is 11.6. The number of carbonyl (C=O) groups excluding carboxylic acids is 1. The summed E-state index contributed by atoms with van der Waals surface area (Å²) >= 11 is 3.41. The molecular weight excluding hydrogens is 286 g/mol. The molecule has 2 heterocycles. The number of carbonyl (C=O) groups is 1. The second-order valence-corrected chi connectivity index (χ2v) is 4.34. The van der Waals surface area contributed by atoms with Gasteiger partial charge in [-0.2, -0.15) is 0 Å². The van der Waals surface area contributed by atoms with Crippen LogP contribution in [-0.2, 0) is 11.2 Å². The van der Waals surface area contributed by atoms with E-state index in [9.17, 15) is 4.79 Å². The van der Waals surface area contributed by atoms with Gasteiger partial charge in [-0.25, -0.2) is 9.78 Å². The van der Waals surface area contributed by atoms with Gasteiger partial charge in [-0.15, -0.1) is 0 Å². The second-order valence-electron chi connectivity index (χ2n) is 3.48. The zero-order valence-corrected chi connectivity index (χ0v) is 10.9. The first-order valence-electron chi connectivity index (χ1n) is 5.13. The summed E-state index contributed by atoms with van der Waals surface area (Å²) in [7, 11) is 1.34. The first-order chi connectivity index (χ1) is 8.19. The van der Waals surface area contributed by atoms with E-state index in [4.69, 9.17) is 10.5 Å². The molecule has 0 aromatic carbocycles. The van der Waals surface area contributed by atoms with E-state index in [0.717, 1.165) is 10.3 Å². The van der Waals surface area contributed by atoms with Gasteiger partial charge in [-0.05, 0) is 34.6 Å². The largest absolute Gasteiger partial charge is 0.464 e. The third kappa shape index (κ3) is 2.05. The van der Waals surface area contributed by atoms with Gasteiger partial charge in [0.2, 0.25) is 0 Å². The van der Waals surface area contributed by atoms with Crippen LogP contribution in [0, 0.1) is 0 Å². The third-order valence-corrected chi connectivity index (χ3v) is 3.07. The minimum absolute atomic E-state index is 0.309. The van der Waals surface area contributed by atoms with Crippen LogP contribution in [0.15, 0.2) is 22.8 Å². The summed E-state index contributed by atoms with van der Waals surface area (Å²) in [6.45, 7) is 0.478. The molecular formula is C11H12BrN3O2. The lowest BCUT2D eigenvalue weighted by atomic mass is 10.3. The Labute approximate surface area is 107 Å². The maximum absolute atomic E-state index is 11.6. The lowest BCUT2D eigenvalue weighted by molar-refractivity contribution is 0.0596. The minimum atomic E-state index is -0.447. The summed E-state index contributed by atoms with van der Waals surface area (Å²) in [5.74, 6) is 0.307. The minimum Gasteiger partial charge on any atom is -0.464 e. The van der Waals surface area contributed by atoms with Crippen molar-refractivity contribution in [1.82, 2.24) is 9.38 Å². The molecule has 2 aromatic rings. The third-order valence-electron chi connectivity index (χ3n) is 2.43. The van der Waals surface area contributed by atoms with Crippen molar-refractivity contribution in [2.24, 2.45) is 5.73 Å². The van der Waals surface area contributed by atoms with E-state index in [1.165, 1.54) is 7.11 Å². The number of fused-ring (bicyclic) bond motifs is 1. The molecule has 0 atom stereocenters. The normalized spacial score (nSPS) is 10.8. The number of aromatic nitrogens is 2. The smallest absolute Gasteiger partial charge is 0.358 e. The van der Waals surface area contributed by atoms with Crippen molar-refractivity contribution in [3.05, 3.63) is 34.3 Å². The number of rotatable bonds is 3. The lowest BCUT2D eigenvalue weighted by Crippen LogP contribution is -2.06. The van der Waals surface area contributed by atoms with Gasteiger partial charge in [-0.1, -0.05) is 0 Å². The van der Waals surface area contributed by atoms with Gasteiger partial charge in [0.1, 0.15) is 5.82 Å². The fourth-order valence-corrected chi connectivity index (χ4v) is 2.24. The van der Waals surface area contributed by atoms with Crippen molar-refractivity contribution in [3.8, 4) is 0 Å². The average molecular weight is 298 g/mol. The molecule has 0 bridgehead atoms. The van der Waals surface area contributed by atoms with Crippen LogP contribution in [0.4, 0.5) is 0 Å². The molecule has 2 aromatic heterocycles. The van der Waals surface area contributed by atoms with E-state index in [0.29, 0.717) is 24.2 Å². The Balaban J connectivity index is 2.71. The first-order valence-corrected chi connectivity index (χ1v) is 5.92. The number of methoxy groups -OCH3 is 1. The van der Waals surface area contributed by atoms with Crippen LogP contribution < -0.4 is 5.73 Å². The van der Waals surface area contributed by atoms with E-state index in [1.54, 1.807) is 0 Å². The summed E-state index contributed by atoms with van der Waals surface area (Å²) < 4.78 is 7.38. The predicted octanol–water partition coefficient (Wildman–Crippen LogP) is 1.38. The highest BCUT2D eigenvalue weighted by Crippen LogP contribution is 2.23. The number of esters is 1. The van der Waals surface area contributed by atoms with Crippen LogP contribution in [-0.4, -0.2) is 29.0 Å². The molecule has 0 saturated carbocycles.